The first-order chi connectivity index (χ1) is 16.4. The van der Waals surface area contributed by atoms with E-state index in [1.807, 2.05) is 72.3 Å². The van der Waals surface area contributed by atoms with Crippen molar-refractivity contribution in [1.29, 1.82) is 0 Å². The lowest BCUT2D eigenvalue weighted by atomic mass is 10.0. The monoisotopic (exact) mass is 485 g/mol. The Morgan fingerprint density at radius 3 is 2.56 bits per heavy atom. The molecule has 0 spiro atoms. The first-order valence-electron chi connectivity index (χ1n) is 10.7. The number of nitrogens with one attached hydrogen (secondary N) is 2. The van der Waals surface area contributed by atoms with Crippen LogP contribution in [-0.2, 0) is 6.42 Å². The molecule has 5 nitrogen and oxygen atoms in total. The van der Waals surface area contributed by atoms with Gasteiger partial charge in [-0.2, -0.15) is 11.3 Å². The molecule has 2 aromatic heterocycles. The summed E-state index contributed by atoms with van der Waals surface area (Å²) in [4.78, 5) is 33.0. The highest BCUT2D eigenvalue weighted by atomic mass is 35.5. The van der Waals surface area contributed by atoms with Gasteiger partial charge in [0, 0.05) is 33.6 Å². The number of aryl methyl sites for hydroxylation is 1. The molecule has 0 saturated heterocycles. The van der Waals surface area contributed by atoms with E-state index in [9.17, 15) is 9.59 Å². The van der Waals surface area contributed by atoms with Gasteiger partial charge in [0.15, 0.2) is 5.78 Å². The Balaban J connectivity index is 1.31. The van der Waals surface area contributed by atoms with Crippen LogP contribution in [0.1, 0.15) is 31.8 Å². The molecule has 2 N–H and O–H groups in total. The van der Waals surface area contributed by atoms with Gasteiger partial charge in [-0.05, 0) is 65.9 Å². The standard InChI is InChI=1S/C27H20ClN3O2S/c1-16-10-20(13-21(28)11-16)25(32)12-17-2-4-18(5-3-17)26-30-23-7-6-22(14-24(23)31-26)29-27(33)19-8-9-34-15-19/h2-11,13-15H,12H2,1H3,(H,29,33)(H,30,31). The molecule has 0 radical (unpaired) electrons. The normalized spacial score (nSPS) is 11.0. The second kappa shape index (κ2) is 9.25. The highest BCUT2D eigenvalue weighted by Gasteiger charge is 2.11. The van der Waals surface area contributed by atoms with E-state index in [1.54, 1.807) is 12.1 Å². The number of halogens is 1. The van der Waals surface area contributed by atoms with E-state index in [1.165, 1.54) is 11.3 Å². The van der Waals surface area contributed by atoms with Gasteiger partial charge in [-0.3, -0.25) is 9.59 Å². The first-order valence-corrected chi connectivity index (χ1v) is 12.0. The summed E-state index contributed by atoms with van der Waals surface area (Å²) >= 11 is 7.58. The number of H-pyrrole nitrogens is 1. The topological polar surface area (TPSA) is 74.8 Å². The Hall–Kier alpha value is -3.74. The molecule has 0 fully saturated rings. The van der Waals surface area contributed by atoms with Crippen LogP contribution in [0.5, 0.6) is 0 Å². The molecule has 1 amide bonds. The van der Waals surface area contributed by atoms with Gasteiger partial charge >= 0.3 is 0 Å². The lowest BCUT2D eigenvalue weighted by Gasteiger charge is -2.05. The number of carbonyl (C=O) groups is 2. The molecule has 7 heteroatoms. The van der Waals surface area contributed by atoms with Crippen molar-refractivity contribution >= 4 is 51.3 Å². The lowest BCUT2D eigenvalue weighted by molar-refractivity contribution is 0.0991. The molecule has 34 heavy (non-hydrogen) atoms. The number of aromatic nitrogens is 2. The molecule has 2 heterocycles. The van der Waals surface area contributed by atoms with Gasteiger partial charge in [0.1, 0.15) is 5.82 Å². The summed E-state index contributed by atoms with van der Waals surface area (Å²) in [6.45, 7) is 1.92. The molecule has 0 bridgehead atoms. The minimum Gasteiger partial charge on any atom is -0.338 e. The van der Waals surface area contributed by atoms with E-state index < -0.39 is 0 Å². The third kappa shape index (κ3) is 4.78. The van der Waals surface area contributed by atoms with Crippen LogP contribution in [0, 0.1) is 6.92 Å². The summed E-state index contributed by atoms with van der Waals surface area (Å²) in [5.74, 6) is 0.608. The van der Waals surface area contributed by atoms with Crippen LogP contribution in [0.25, 0.3) is 22.4 Å². The highest BCUT2D eigenvalue weighted by molar-refractivity contribution is 7.08. The van der Waals surface area contributed by atoms with E-state index >= 15 is 0 Å². The Morgan fingerprint density at radius 2 is 1.82 bits per heavy atom. The third-order valence-electron chi connectivity index (χ3n) is 5.48. The van der Waals surface area contributed by atoms with E-state index in [0.29, 0.717) is 28.3 Å². The number of carbonyl (C=O) groups excluding carboxylic acids is 2. The van der Waals surface area contributed by atoms with Gasteiger partial charge in [0.05, 0.1) is 16.6 Å². The summed E-state index contributed by atoms with van der Waals surface area (Å²) in [5, 5.41) is 7.17. The molecule has 168 valence electrons. The highest BCUT2D eigenvalue weighted by Crippen LogP contribution is 2.24. The number of hydrogen-bond acceptors (Lipinski definition) is 4. The third-order valence-corrected chi connectivity index (χ3v) is 6.38. The molecule has 5 aromatic rings. The van der Waals surface area contributed by atoms with Gasteiger partial charge < -0.3 is 10.3 Å². The summed E-state index contributed by atoms with van der Waals surface area (Å²) in [7, 11) is 0. The lowest BCUT2D eigenvalue weighted by Crippen LogP contribution is -2.10. The van der Waals surface area contributed by atoms with Crippen molar-refractivity contribution in [1.82, 2.24) is 9.97 Å². The molecule has 5 rings (SSSR count). The number of anilines is 1. The van der Waals surface area contributed by atoms with Crippen molar-refractivity contribution in [2.24, 2.45) is 0 Å². The Morgan fingerprint density at radius 1 is 1.00 bits per heavy atom. The average molecular weight is 486 g/mol. The predicted octanol–water partition coefficient (Wildman–Crippen LogP) is 6.93. The van der Waals surface area contributed by atoms with Crippen LogP contribution in [0.2, 0.25) is 5.02 Å². The van der Waals surface area contributed by atoms with Gasteiger partial charge in [-0.25, -0.2) is 4.98 Å². The first kappa shape index (κ1) is 22.1. The van der Waals surface area contributed by atoms with Crippen molar-refractivity contribution in [3.05, 3.63) is 105 Å². The Kier molecular flexibility index (Phi) is 6.01. The number of Topliss-reactive ketones (excluding diaryl/α,β-unsaturated/α-hetero) is 1. The zero-order chi connectivity index (χ0) is 23.7. The summed E-state index contributed by atoms with van der Waals surface area (Å²) in [6.07, 6.45) is 0.299. The zero-order valence-electron chi connectivity index (χ0n) is 18.3. The smallest absolute Gasteiger partial charge is 0.256 e. The minimum atomic E-state index is -0.140. The van der Waals surface area contributed by atoms with Crippen LogP contribution in [-0.4, -0.2) is 21.7 Å². The molecular weight excluding hydrogens is 466 g/mol. The summed E-state index contributed by atoms with van der Waals surface area (Å²) in [6, 6.07) is 20.5. The number of hydrogen-bond donors (Lipinski definition) is 2. The SMILES string of the molecule is Cc1cc(Cl)cc(C(=O)Cc2ccc(-c3nc4ccc(NC(=O)c5ccsc5)cc4[nH]3)cc2)c1. The van der Waals surface area contributed by atoms with E-state index in [-0.39, 0.29) is 11.7 Å². The van der Waals surface area contributed by atoms with Crippen molar-refractivity contribution in [3.63, 3.8) is 0 Å². The maximum atomic E-state index is 12.7. The van der Waals surface area contributed by atoms with Crippen LogP contribution >= 0.6 is 22.9 Å². The number of fused-ring (bicyclic) bond motifs is 1. The fourth-order valence-corrected chi connectivity index (χ4v) is 4.71. The number of amides is 1. The summed E-state index contributed by atoms with van der Waals surface area (Å²) < 4.78 is 0. The van der Waals surface area contributed by atoms with E-state index in [0.717, 1.165) is 33.5 Å². The molecule has 3 aromatic carbocycles. The summed E-state index contributed by atoms with van der Waals surface area (Å²) in [5.41, 5.74) is 6.38. The molecule has 0 saturated carbocycles. The maximum Gasteiger partial charge on any atom is 0.256 e. The van der Waals surface area contributed by atoms with Gasteiger partial charge in [0.25, 0.3) is 5.91 Å². The molecule has 0 aliphatic heterocycles. The van der Waals surface area contributed by atoms with Crippen molar-refractivity contribution in [2.45, 2.75) is 13.3 Å². The minimum absolute atomic E-state index is 0.0270. The fourth-order valence-electron chi connectivity index (χ4n) is 3.79. The zero-order valence-corrected chi connectivity index (χ0v) is 19.8. The average Bonchev–Trinajstić information content (AvgIpc) is 3.49. The number of ketones is 1. The van der Waals surface area contributed by atoms with Gasteiger partial charge in [0.2, 0.25) is 0 Å². The molecule has 0 unspecified atom stereocenters. The number of thiophene rings is 1. The van der Waals surface area contributed by atoms with Gasteiger partial charge in [-0.15, -0.1) is 0 Å². The number of rotatable bonds is 6. The second-order valence-corrected chi connectivity index (χ2v) is 9.31. The molecular formula is C27H20ClN3O2S. The van der Waals surface area contributed by atoms with E-state index in [4.69, 9.17) is 11.6 Å². The van der Waals surface area contributed by atoms with Crippen LogP contribution in [0.4, 0.5) is 5.69 Å². The second-order valence-electron chi connectivity index (χ2n) is 8.10. The predicted molar refractivity (Wildman–Crippen MR) is 138 cm³/mol. The Labute approximate surface area is 205 Å². The van der Waals surface area contributed by atoms with Crippen molar-refractivity contribution in [2.75, 3.05) is 5.32 Å². The van der Waals surface area contributed by atoms with Gasteiger partial charge in [-0.1, -0.05) is 35.9 Å². The molecule has 0 atom stereocenters. The Bertz CT molecular complexity index is 1480. The molecule has 0 aliphatic rings. The maximum absolute atomic E-state index is 12.7. The number of aromatic amines is 1. The molecule has 0 aliphatic carbocycles. The quantitative estimate of drug-likeness (QED) is 0.256. The van der Waals surface area contributed by atoms with Crippen LogP contribution in [0.15, 0.2) is 77.5 Å². The van der Waals surface area contributed by atoms with Crippen LogP contribution in [0.3, 0.4) is 0 Å². The fraction of sp³-hybridized carbons (Fsp3) is 0.0741. The number of nitrogens with zero attached hydrogens (tertiary/aromatic N) is 1. The van der Waals surface area contributed by atoms with E-state index in [2.05, 4.69) is 15.3 Å². The number of benzene rings is 3. The van der Waals surface area contributed by atoms with Crippen molar-refractivity contribution < 1.29 is 9.59 Å². The van der Waals surface area contributed by atoms with Crippen molar-refractivity contribution in [3.8, 4) is 11.4 Å². The number of imidazole rings is 1. The van der Waals surface area contributed by atoms with Crippen LogP contribution < -0.4 is 5.32 Å². The largest absolute Gasteiger partial charge is 0.338 e.